The van der Waals surface area contributed by atoms with Gasteiger partial charge in [0.15, 0.2) is 0 Å². The Hall–Kier alpha value is -2.46. The van der Waals surface area contributed by atoms with Crippen LogP contribution in [0.5, 0.6) is 0 Å². The van der Waals surface area contributed by atoms with Crippen LogP contribution in [0, 0.1) is 11.3 Å². The molecule has 0 spiro atoms. The first kappa shape index (κ1) is 13.0. The van der Waals surface area contributed by atoms with Crippen LogP contribution < -0.4 is 5.84 Å². The highest BCUT2D eigenvalue weighted by Gasteiger charge is 2.68. The summed E-state index contributed by atoms with van der Waals surface area (Å²) in [5, 5.41) is 0.850. The molecule has 2 atom stereocenters. The molecule has 4 aliphatic rings. The molecule has 0 saturated carbocycles. The number of imide groups is 1. The highest BCUT2D eigenvalue weighted by atomic mass is 16.2. The molecule has 2 bridgehead atoms. The Morgan fingerprint density at radius 2 is 1.39 bits per heavy atom. The van der Waals surface area contributed by atoms with Crippen molar-refractivity contribution >= 4 is 11.8 Å². The van der Waals surface area contributed by atoms with Gasteiger partial charge in [0.25, 0.3) is 5.91 Å². The minimum atomic E-state index is -0.792. The Balaban J connectivity index is 1.91. The van der Waals surface area contributed by atoms with Crippen LogP contribution in [0.2, 0.25) is 0 Å². The molecule has 2 aromatic rings. The van der Waals surface area contributed by atoms with Crippen molar-refractivity contribution in [3.8, 4) is 0 Å². The van der Waals surface area contributed by atoms with Gasteiger partial charge in [-0.2, -0.15) is 0 Å². The Morgan fingerprint density at radius 1 is 0.913 bits per heavy atom. The van der Waals surface area contributed by atoms with Gasteiger partial charge in [0.05, 0.1) is 11.3 Å². The number of nitrogens with two attached hydrogens (primary N) is 1. The predicted octanol–water partition coefficient (Wildman–Crippen LogP) is 2.14. The van der Waals surface area contributed by atoms with Crippen molar-refractivity contribution in [2.45, 2.75) is 18.8 Å². The van der Waals surface area contributed by atoms with Gasteiger partial charge in [-0.15, -0.1) is 0 Å². The summed E-state index contributed by atoms with van der Waals surface area (Å²) < 4.78 is 0. The van der Waals surface area contributed by atoms with E-state index < -0.39 is 11.3 Å². The van der Waals surface area contributed by atoms with Crippen LogP contribution >= 0.6 is 0 Å². The van der Waals surface area contributed by atoms with Gasteiger partial charge in [-0.25, -0.2) is 10.9 Å². The molecular weight excluding hydrogens is 288 g/mol. The van der Waals surface area contributed by atoms with E-state index in [9.17, 15) is 9.59 Å². The van der Waals surface area contributed by atoms with Crippen molar-refractivity contribution < 1.29 is 9.59 Å². The highest BCUT2D eigenvalue weighted by Crippen LogP contribution is 2.66. The zero-order valence-electron chi connectivity index (χ0n) is 12.7. The maximum Gasteiger partial charge on any atom is 0.251 e. The zero-order chi connectivity index (χ0) is 15.9. The lowest BCUT2D eigenvalue weighted by atomic mass is 9.48. The van der Waals surface area contributed by atoms with Crippen molar-refractivity contribution in [3.05, 3.63) is 70.8 Å². The molecule has 114 valence electrons. The van der Waals surface area contributed by atoms with Gasteiger partial charge in [0, 0.05) is 11.8 Å². The summed E-state index contributed by atoms with van der Waals surface area (Å²) in [6.07, 6.45) is 0. The number of carbonyl (C=O) groups is 2. The fraction of sp³-hybridized carbons (Fsp3) is 0.263. The second-order valence-electron chi connectivity index (χ2n) is 6.94. The van der Waals surface area contributed by atoms with Gasteiger partial charge in [0.1, 0.15) is 0 Å². The molecule has 1 saturated heterocycles. The molecule has 2 amide bonds. The van der Waals surface area contributed by atoms with E-state index in [-0.39, 0.29) is 23.7 Å². The molecule has 0 unspecified atom stereocenters. The summed E-state index contributed by atoms with van der Waals surface area (Å²) in [4.78, 5) is 25.6. The third-order valence-corrected chi connectivity index (χ3v) is 6.05. The van der Waals surface area contributed by atoms with Crippen molar-refractivity contribution in [2.24, 2.45) is 17.2 Å². The maximum atomic E-state index is 12.9. The smallest absolute Gasteiger partial charge is 0.251 e. The fourth-order valence-electron chi connectivity index (χ4n) is 5.15. The number of benzene rings is 2. The number of hydrazine groups is 1. The van der Waals surface area contributed by atoms with Gasteiger partial charge in [-0.05, 0) is 29.2 Å². The molecule has 3 aliphatic carbocycles. The standard InChI is InChI=1S/C19H16N2O2/c1-19-15-12-8-4-2-6-10(12)14(11-7-3-5-9-13(11)15)16(19)17(22)21(20)18(19)23/h2-9,14-16H,20H2,1H3/t14?,15?,16-,19-/m1/s1. The van der Waals surface area contributed by atoms with Gasteiger partial charge < -0.3 is 0 Å². The lowest BCUT2D eigenvalue weighted by Crippen LogP contribution is -2.49. The first-order valence-electron chi connectivity index (χ1n) is 7.87. The van der Waals surface area contributed by atoms with E-state index in [0.29, 0.717) is 0 Å². The van der Waals surface area contributed by atoms with Crippen LogP contribution in [0.15, 0.2) is 48.5 Å². The average molecular weight is 304 g/mol. The van der Waals surface area contributed by atoms with Gasteiger partial charge >= 0.3 is 0 Å². The van der Waals surface area contributed by atoms with E-state index >= 15 is 0 Å². The molecule has 2 aromatic carbocycles. The van der Waals surface area contributed by atoms with Crippen molar-refractivity contribution in [1.29, 1.82) is 0 Å². The average Bonchev–Trinajstić information content (AvgIpc) is 2.76. The number of nitrogens with zero attached hydrogens (tertiary/aromatic N) is 1. The topological polar surface area (TPSA) is 63.4 Å². The monoisotopic (exact) mass is 304 g/mol. The van der Waals surface area contributed by atoms with Crippen molar-refractivity contribution in [2.75, 3.05) is 0 Å². The molecule has 23 heavy (non-hydrogen) atoms. The molecule has 0 aromatic heterocycles. The number of carbonyl (C=O) groups excluding carboxylic acids is 2. The summed E-state index contributed by atoms with van der Waals surface area (Å²) in [5.41, 5.74) is 3.85. The van der Waals surface area contributed by atoms with Crippen LogP contribution in [0.3, 0.4) is 0 Å². The summed E-state index contributed by atoms with van der Waals surface area (Å²) in [6, 6.07) is 16.3. The fourth-order valence-corrected chi connectivity index (χ4v) is 5.15. The Morgan fingerprint density at radius 3 is 1.91 bits per heavy atom. The first-order valence-corrected chi connectivity index (χ1v) is 7.87. The summed E-state index contributed by atoms with van der Waals surface area (Å²) >= 11 is 0. The molecular formula is C19H16N2O2. The predicted molar refractivity (Wildman–Crippen MR) is 84.2 cm³/mol. The second kappa shape index (κ2) is 3.89. The van der Waals surface area contributed by atoms with E-state index in [2.05, 4.69) is 24.3 Å². The molecule has 2 N–H and O–H groups in total. The van der Waals surface area contributed by atoms with Gasteiger partial charge in [0.2, 0.25) is 5.91 Å². The summed E-state index contributed by atoms with van der Waals surface area (Å²) in [6.45, 7) is 1.91. The summed E-state index contributed by atoms with van der Waals surface area (Å²) in [5.74, 6) is 4.69. The van der Waals surface area contributed by atoms with E-state index in [4.69, 9.17) is 5.84 Å². The quantitative estimate of drug-likeness (QED) is 0.461. The Labute approximate surface area is 133 Å². The number of hydrogen-bond acceptors (Lipinski definition) is 3. The lowest BCUT2D eigenvalue weighted by molar-refractivity contribution is -0.141. The van der Waals surface area contributed by atoms with Crippen LogP contribution in [0.1, 0.15) is 41.0 Å². The lowest BCUT2D eigenvalue weighted by Gasteiger charge is -2.51. The van der Waals surface area contributed by atoms with Crippen molar-refractivity contribution in [1.82, 2.24) is 5.01 Å². The molecule has 4 nitrogen and oxygen atoms in total. The SMILES string of the molecule is C[C@]12C(=O)N(N)C(=O)[C@H]1C1c3ccccc3C2c2ccccc21. The summed E-state index contributed by atoms with van der Waals surface area (Å²) in [7, 11) is 0. The Kier molecular flexibility index (Phi) is 2.20. The Bertz CT molecular complexity index is 843. The third kappa shape index (κ3) is 1.24. The van der Waals surface area contributed by atoms with Crippen LogP contribution in [-0.2, 0) is 9.59 Å². The number of amides is 2. The van der Waals surface area contributed by atoms with Crippen LogP contribution in [-0.4, -0.2) is 16.8 Å². The first-order chi connectivity index (χ1) is 11.1. The minimum absolute atomic E-state index is 0.0950. The maximum absolute atomic E-state index is 12.9. The van der Waals surface area contributed by atoms with Gasteiger partial charge in [-0.3, -0.25) is 9.59 Å². The number of hydrogen-bond donors (Lipinski definition) is 1. The van der Waals surface area contributed by atoms with E-state index in [1.165, 1.54) is 0 Å². The largest absolute Gasteiger partial charge is 0.273 e. The van der Waals surface area contributed by atoms with E-state index in [1.54, 1.807) is 0 Å². The molecule has 1 aliphatic heterocycles. The minimum Gasteiger partial charge on any atom is -0.273 e. The van der Waals surface area contributed by atoms with E-state index in [0.717, 1.165) is 27.3 Å². The molecule has 6 rings (SSSR count). The van der Waals surface area contributed by atoms with E-state index in [1.807, 2.05) is 31.2 Å². The highest BCUT2D eigenvalue weighted by molar-refractivity contribution is 6.09. The molecule has 1 heterocycles. The van der Waals surface area contributed by atoms with Gasteiger partial charge in [-0.1, -0.05) is 48.5 Å². The number of rotatable bonds is 0. The third-order valence-electron chi connectivity index (χ3n) is 6.05. The molecule has 1 fully saturated rings. The second-order valence-corrected chi connectivity index (χ2v) is 6.94. The van der Waals surface area contributed by atoms with Crippen LogP contribution in [0.25, 0.3) is 0 Å². The molecule has 4 heteroatoms. The van der Waals surface area contributed by atoms with Crippen LogP contribution in [0.4, 0.5) is 0 Å². The zero-order valence-corrected chi connectivity index (χ0v) is 12.7. The normalized spacial score (nSPS) is 33.5. The van der Waals surface area contributed by atoms with Crippen molar-refractivity contribution in [3.63, 3.8) is 0 Å². The molecule has 0 radical (unpaired) electrons.